The molecule has 32 heavy (non-hydrogen) atoms. The third-order valence-electron chi connectivity index (χ3n) is 5.19. The SMILES string of the molecule is C=C(NC/C=C/c1cnn(Cc2ccc(OCC3CC3)cc2Cl)c1)c1ccnc(C=O)c1. The van der Waals surface area contributed by atoms with Crippen molar-refractivity contribution in [1.82, 2.24) is 20.1 Å². The number of halogens is 1. The fraction of sp³-hybridized carbons (Fsp3) is 0.240. The topological polar surface area (TPSA) is 69.0 Å². The maximum atomic E-state index is 10.9. The second-order valence-electron chi connectivity index (χ2n) is 7.83. The van der Waals surface area contributed by atoms with E-state index in [4.69, 9.17) is 16.3 Å². The van der Waals surface area contributed by atoms with Crippen LogP contribution in [0.3, 0.4) is 0 Å². The molecule has 2 aromatic heterocycles. The molecule has 4 rings (SSSR count). The Morgan fingerprint density at radius 3 is 2.97 bits per heavy atom. The van der Waals surface area contributed by atoms with Crippen LogP contribution in [0, 0.1) is 5.92 Å². The van der Waals surface area contributed by atoms with Crippen molar-refractivity contribution in [3.05, 3.63) is 89.0 Å². The number of aromatic nitrogens is 3. The van der Waals surface area contributed by atoms with Gasteiger partial charge >= 0.3 is 0 Å². The molecule has 0 radical (unpaired) electrons. The van der Waals surface area contributed by atoms with Gasteiger partial charge in [0.05, 0.1) is 19.3 Å². The Morgan fingerprint density at radius 1 is 1.31 bits per heavy atom. The molecule has 7 heteroatoms. The molecule has 1 aromatic carbocycles. The van der Waals surface area contributed by atoms with Gasteiger partial charge in [-0.3, -0.25) is 14.5 Å². The normalized spacial score (nSPS) is 13.3. The Hall–Kier alpha value is -3.38. The third-order valence-corrected chi connectivity index (χ3v) is 5.54. The molecule has 0 unspecified atom stereocenters. The first-order valence-electron chi connectivity index (χ1n) is 10.6. The minimum Gasteiger partial charge on any atom is -0.493 e. The molecule has 0 bridgehead atoms. The first-order valence-corrected chi connectivity index (χ1v) is 10.9. The molecule has 1 fully saturated rings. The van der Waals surface area contributed by atoms with Crippen molar-refractivity contribution in [2.45, 2.75) is 19.4 Å². The van der Waals surface area contributed by atoms with Crippen LogP contribution >= 0.6 is 11.6 Å². The lowest BCUT2D eigenvalue weighted by molar-refractivity contribution is 0.111. The first kappa shape index (κ1) is 21.8. The molecule has 3 aromatic rings. The van der Waals surface area contributed by atoms with E-state index in [9.17, 15) is 4.79 Å². The summed E-state index contributed by atoms with van der Waals surface area (Å²) >= 11 is 6.44. The molecule has 6 nitrogen and oxygen atoms in total. The van der Waals surface area contributed by atoms with Crippen LogP contribution in [0.4, 0.5) is 0 Å². The van der Waals surface area contributed by atoms with E-state index in [-0.39, 0.29) is 0 Å². The van der Waals surface area contributed by atoms with Gasteiger partial charge in [0.1, 0.15) is 11.4 Å². The van der Waals surface area contributed by atoms with Crippen LogP contribution in [-0.4, -0.2) is 34.2 Å². The lowest BCUT2D eigenvalue weighted by Gasteiger charge is -2.09. The molecule has 164 valence electrons. The van der Waals surface area contributed by atoms with Crippen molar-refractivity contribution >= 4 is 29.7 Å². The quantitative estimate of drug-likeness (QED) is 0.424. The fourth-order valence-electron chi connectivity index (χ4n) is 3.15. The van der Waals surface area contributed by atoms with E-state index in [1.807, 2.05) is 53.5 Å². The molecular formula is C25H25ClN4O2. The van der Waals surface area contributed by atoms with Crippen molar-refractivity contribution in [3.8, 4) is 5.75 Å². The Labute approximate surface area is 192 Å². The lowest BCUT2D eigenvalue weighted by atomic mass is 10.2. The highest BCUT2D eigenvalue weighted by atomic mass is 35.5. The highest BCUT2D eigenvalue weighted by Crippen LogP contribution is 2.30. The maximum Gasteiger partial charge on any atom is 0.168 e. The van der Waals surface area contributed by atoms with Gasteiger partial charge < -0.3 is 10.1 Å². The number of rotatable bonds is 11. The summed E-state index contributed by atoms with van der Waals surface area (Å²) in [6.45, 7) is 5.96. The van der Waals surface area contributed by atoms with Crippen molar-refractivity contribution in [2.24, 2.45) is 5.92 Å². The van der Waals surface area contributed by atoms with Crippen molar-refractivity contribution in [3.63, 3.8) is 0 Å². The summed E-state index contributed by atoms with van der Waals surface area (Å²) in [5, 5.41) is 8.32. The zero-order chi connectivity index (χ0) is 22.3. The van der Waals surface area contributed by atoms with Crippen molar-refractivity contribution in [1.29, 1.82) is 0 Å². The summed E-state index contributed by atoms with van der Waals surface area (Å²) < 4.78 is 7.64. The summed E-state index contributed by atoms with van der Waals surface area (Å²) in [4.78, 5) is 14.8. The van der Waals surface area contributed by atoms with E-state index < -0.39 is 0 Å². The Kier molecular flexibility index (Phi) is 7.02. The fourth-order valence-corrected chi connectivity index (χ4v) is 3.38. The van der Waals surface area contributed by atoms with Gasteiger partial charge in [0.25, 0.3) is 0 Å². The van der Waals surface area contributed by atoms with Gasteiger partial charge in [-0.05, 0) is 48.6 Å². The summed E-state index contributed by atoms with van der Waals surface area (Å²) in [6, 6.07) is 9.35. The Balaban J connectivity index is 1.27. The second-order valence-corrected chi connectivity index (χ2v) is 8.24. The summed E-state index contributed by atoms with van der Waals surface area (Å²) in [7, 11) is 0. The molecule has 1 saturated carbocycles. The highest BCUT2D eigenvalue weighted by Gasteiger charge is 2.22. The van der Waals surface area contributed by atoms with Crippen LogP contribution in [-0.2, 0) is 6.54 Å². The Morgan fingerprint density at radius 2 is 2.19 bits per heavy atom. The molecular weight excluding hydrogens is 424 g/mol. The highest BCUT2D eigenvalue weighted by molar-refractivity contribution is 6.31. The number of aldehydes is 1. The zero-order valence-electron chi connectivity index (χ0n) is 17.7. The van der Waals surface area contributed by atoms with Gasteiger partial charge in [0.15, 0.2) is 6.29 Å². The average molecular weight is 449 g/mol. The van der Waals surface area contributed by atoms with Crippen molar-refractivity contribution < 1.29 is 9.53 Å². The van der Waals surface area contributed by atoms with Crippen LogP contribution in [0.2, 0.25) is 5.02 Å². The van der Waals surface area contributed by atoms with Gasteiger partial charge in [0.2, 0.25) is 0 Å². The number of hydrogen-bond donors (Lipinski definition) is 1. The lowest BCUT2D eigenvalue weighted by Crippen LogP contribution is -2.11. The largest absolute Gasteiger partial charge is 0.493 e. The number of nitrogens with zero attached hydrogens (tertiary/aromatic N) is 3. The van der Waals surface area contributed by atoms with Crippen LogP contribution in [0.25, 0.3) is 11.8 Å². The molecule has 0 spiro atoms. The van der Waals surface area contributed by atoms with E-state index in [1.54, 1.807) is 12.3 Å². The van der Waals surface area contributed by atoms with Crippen LogP contribution < -0.4 is 10.1 Å². The number of carbonyl (C=O) groups is 1. The van der Waals surface area contributed by atoms with Gasteiger partial charge in [-0.25, -0.2) is 0 Å². The van der Waals surface area contributed by atoms with Gasteiger partial charge in [0, 0.05) is 40.8 Å². The smallest absolute Gasteiger partial charge is 0.168 e. The number of pyridine rings is 1. The van der Waals surface area contributed by atoms with Crippen LogP contribution in [0.5, 0.6) is 5.75 Å². The minimum absolute atomic E-state index is 0.383. The predicted molar refractivity (Wildman–Crippen MR) is 127 cm³/mol. The van der Waals surface area contributed by atoms with Crippen molar-refractivity contribution in [2.75, 3.05) is 13.2 Å². The molecule has 1 aliphatic carbocycles. The molecule has 2 heterocycles. The minimum atomic E-state index is 0.383. The van der Waals surface area contributed by atoms with Gasteiger partial charge in [-0.15, -0.1) is 0 Å². The standard InChI is InChI=1S/C25H25ClN4O2/c1-18(21-8-10-28-23(11-21)16-31)27-9-2-3-20-13-29-30(14-20)15-22-6-7-24(12-25(22)26)32-17-19-4-5-19/h2-3,6-8,10-14,16,19,27H,1,4-5,9,15,17H2/b3-2+. The molecule has 1 aliphatic rings. The molecule has 0 saturated heterocycles. The van der Waals surface area contributed by atoms with Gasteiger partial charge in [-0.2, -0.15) is 5.10 Å². The molecule has 0 amide bonds. The summed E-state index contributed by atoms with van der Waals surface area (Å²) in [6.07, 6.45) is 12.6. The molecule has 0 atom stereocenters. The number of ether oxygens (including phenoxy) is 1. The van der Waals surface area contributed by atoms with Crippen LogP contribution in [0.1, 0.15) is 40.0 Å². The number of nitrogens with one attached hydrogen (secondary N) is 1. The van der Waals surface area contributed by atoms with Gasteiger partial charge in [-0.1, -0.05) is 36.4 Å². The summed E-state index contributed by atoms with van der Waals surface area (Å²) in [5.74, 6) is 1.53. The maximum absolute atomic E-state index is 10.9. The van der Waals surface area contributed by atoms with E-state index in [2.05, 4.69) is 22.0 Å². The predicted octanol–water partition coefficient (Wildman–Crippen LogP) is 4.85. The zero-order valence-corrected chi connectivity index (χ0v) is 18.5. The number of hydrogen-bond acceptors (Lipinski definition) is 5. The summed E-state index contributed by atoms with van der Waals surface area (Å²) in [5.41, 5.74) is 3.94. The van der Waals surface area contributed by atoms with E-state index >= 15 is 0 Å². The number of carbonyl (C=O) groups excluding carboxylic acids is 1. The monoisotopic (exact) mass is 448 g/mol. The second kappa shape index (κ2) is 10.3. The van der Waals surface area contributed by atoms with E-state index in [0.29, 0.717) is 29.7 Å². The molecule has 0 aliphatic heterocycles. The Bertz CT molecular complexity index is 1130. The average Bonchev–Trinajstić information content (AvgIpc) is 3.54. The number of benzene rings is 1. The third kappa shape index (κ3) is 6.08. The van der Waals surface area contributed by atoms with E-state index in [0.717, 1.165) is 41.0 Å². The van der Waals surface area contributed by atoms with Crippen LogP contribution in [0.15, 0.2) is 61.6 Å². The first-order chi connectivity index (χ1) is 15.6. The van der Waals surface area contributed by atoms with E-state index in [1.165, 1.54) is 12.8 Å². The molecule has 1 N–H and O–H groups in total.